The van der Waals surface area contributed by atoms with Crippen LogP contribution in [0.25, 0.3) is 11.0 Å². The number of imidazole rings is 1. The van der Waals surface area contributed by atoms with E-state index >= 15 is 0 Å². The third-order valence-electron chi connectivity index (χ3n) is 4.45. The zero-order valence-electron chi connectivity index (χ0n) is 14.8. The lowest BCUT2D eigenvalue weighted by Gasteiger charge is -2.13. The van der Waals surface area contributed by atoms with Gasteiger partial charge in [-0.1, -0.05) is 43.1 Å². The van der Waals surface area contributed by atoms with E-state index in [2.05, 4.69) is 11.9 Å². The number of aromatic nitrogens is 2. The summed E-state index contributed by atoms with van der Waals surface area (Å²) in [6.07, 6.45) is 2.51. The van der Waals surface area contributed by atoms with E-state index in [-0.39, 0.29) is 17.7 Å². The topological polar surface area (TPSA) is 92.4 Å². The summed E-state index contributed by atoms with van der Waals surface area (Å²) >= 11 is 6.07. The number of rotatable bonds is 7. The molecule has 7 heteroatoms. The molecule has 0 amide bonds. The maximum Gasteiger partial charge on any atom is 0.337 e. The van der Waals surface area contributed by atoms with E-state index in [4.69, 9.17) is 11.6 Å². The van der Waals surface area contributed by atoms with Crippen molar-refractivity contribution in [3.63, 3.8) is 0 Å². The van der Waals surface area contributed by atoms with Crippen molar-refractivity contribution in [1.29, 1.82) is 0 Å². The Morgan fingerprint density at radius 2 is 1.81 bits per heavy atom. The molecule has 0 saturated heterocycles. The fourth-order valence-electron chi connectivity index (χ4n) is 3.18. The number of carboxylic acids is 2. The minimum atomic E-state index is -1.10. The molecule has 0 atom stereocenters. The molecule has 2 N–H and O–H groups in total. The Hall–Kier alpha value is -2.86. The predicted octanol–water partition coefficient (Wildman–Crippen LogP) is 4.48. The Bertz CT molecular complexity index is 1030. The van der Waals surface area contributed by atoms with Crippen LogP contribution < -0.4 is 0 Å². The minimum Gasteiger partial charge on any atom is -0.478 e. The number of fused-ring (bicyclic) bond motifs is 1. The quantitative estimate of drug-likeness (QED) is 0.624. The summed E-state index contributed by atoms with van der Waals surface area (Å²) in [6, 6.07) is 9.74. The first-order chi connectivity index (χ1) is 12.9. The van der Waals surface area contributed by atoms with Crippen LogP contribution in [0.2, 0.25) is 5.02 Å². The second kappa shape index (κ2) is 7.80. The highest BCUT2D eigenvalue weighted by Crippen LogP contribution is 2.27. The largest absolute Gasteiger partial charge is 0.478 e. The Balaban J connectivity index is 2.23. The Morgan fingerprint density at radius 3 is 2.48 bits per heavy atom. The van der Waals surface area contributed by atoms with Crippen molar-refractivity contribution in [3.8, 4) is 0 Å². The van der Waals surface area contributed by atoms with Gasteiger partial charge in [0.2, 0.25) is 0 Å². The zero-order valence-corrected chi connectivity index (χ0v) is 15.5. The third kappa shape index (κ3) is 3.80. The van der Waals surface area contributed by atoms with E-state index in [1.165, 1.54) is 12.1 Å². The summed E-state index contributed by atoms with van der Waals surface area (Å²) in [6.45, 7) is 2.28. The highest BCUT2D eigenvalue weighted by molar-refractivity contribution is 6.31. The Labute approximate surface area is 161 Å². The number of carbonyl (C=O) groups is 2. The molecule has 0 aliphatic heterocycles. The average molecular weight is 387 g/mol. The van der Waals surface area contributed by atoms with Gasteiger partial charge in [0.15, 0.2) is 0 Å². The highest BCUT2D eigenvalue weighted by atomic mass is 35.5. The predicted molar refractivity (Wildman–Crippen MR) is 103 cm³/mol. The van der Waals surface area contributed by atoms with Crippen molar-refractivity contribution in [2.75, 3.05) is 0 Å². The summed E-state index contributed by atoms with van der Waals surface area (Å²) in [7, 11) is 0. The number of aromatic carboxylic acids is 2. The van der Waals surface area contributed by atoms with Crippen molar-refractivity contribution < 1.29 is 19.8 Å². The maximum atomic E-state index is 11.8. The molecule has 0 bridgehead atoms. The number of hydrogen-bond acceptors (Lipinski definition) is 3. The van der Waals surface area contributed by atoms with Gasteiger partial charge >= 0.3 is 11.9 Å². The van der Waals surface area contributed by atoms with E-state index < -0.39 is 11.9 Å². The van der Waals surface area contributed by atoms with Crippen molar-refractivity contribution in [2.24, 2.45) is 0 Å². The van der Waals surface area contributed by atoms with Gasteiger partial charge in [0.1, 0.15) is 5.82 Å². The van der Waals surface area contributed by atoms with Crippen LogP contribution in [0, 0.1) is 0 Å². The van der Waals surface area contributed by atoms with Gasteiger partial charge < -0.3 is 14.8 Å². The molecule has 0 radical (unpaired) electrons. The minimum absolute atomic E-state index is 0.0561. The fraction of sp³-hybridized carbons (Fsp3) is 0.250. The Kier molecular flexibility index (Phi) is 5.46. The zero-order chi connectivity index (χ0) is 19.6. The van der Waals surface area contributed by atoms with Gasteiger partial charge in [-0.2, -0.15) is 0 Å². The standard InChI is InChI=1S/C20H19ClN2O4/c1-2-3-8-17-22-16-10-13(21)9-15(20(26)27)18(16)23(17)11-12-6-4-5-7-14(12)19(24)25/h4-7,9-10H,2-3,8,11H2,1H3,(H,24,25)(H,26,27). The second-order valence-electron chi connectivity index (χ2n) is 6.31. The molecule has 1 aromatic heterocycles. The van der Waals surface area contributed by atoms with Gasteiger partial charge in [-0.25, -0.2) is 14.6 Å². The van der Waals surface area contributed by atoms with E-state index in [9.17, 15) is 19.8 Å². The summed E-state index contributed by atoms with van der Waals surface area (Å²) in [5, 5.41) is 19.4. The maximum absolute atomic E-state index is 11.8. The Morgan fingerprint density at radius 1 is 1.11 bits per heavy atom. The van der Waals surface area contributed by atoms with Crippen LogP contribution in [-0.4, -0.2) is 31.7 Å². The first kappa shape index (κ1) is 18.9. The molecule has 0 saturated carbocycles. The number of carboxylic acid groups (broad SMARTS) is 2. The SMILES string of the molecule is CCCCc1nc2cc(Cl)cc(C(=O)O)c2n1Cc1ccccc1C(=O)O. The lowest BCUT2D eigenvalue weighted by atomic mass is 10.1. The summed E-state index contributed by atoms with van der Waals surface area (Å²) in [5.41, 5.74) is 1.79. The van der Waals surface area contributed by atoms with E-state index in [0.29, 0.717) is 28.0 Å². The molecule has 0 unspecified atom stereocenters. The van der Waals surface area contributed by atoms with Gasteiger partial charge in [-0.05, 0) is 30.2 Å². The van der Waals surface area contributed by atoms with Crippen LogP contribution in [0.3, 0.4) is 0 Å². The number of hydrogen-bond donors (Lipinski definition) is 2. The van der Waals surface area contributed by atoms with Gasteiger partial charge in [-0.3, -0.25) is 0 Å². The molecule has 3 aromatic rings. The van der Waals surface area contributed by atoms with E-state index in [1.54, 1.807) is 28.8 Å². The molecular formula is C20H19ClN2O4. The number of aryl methyl sites for hydroxylation is 1. The smallest absolute Gasteiger partial charge is 0.337 e. The second-order valence-corrected chi connectivity index (χ2v) is 6.74. The summed E-state index contributed by atoms with van der Waals surface area (Å²) < 4.78 is 1.80. The molecular weight excluding hydrogens is 368 g/mol. The molecule has 2 aromatic carbocycles. The van der Waals surface area contributed by atoms with Crippen LogP contribution in [0.5, 0.6) is 0 Å². The molecule has 0 aliphatic carbocycles. The molecule has 0 fully saturated rings. The van der Waals surface area contributed by atoms with Crippen molar-refractivity contribution >= 4 is 34.6 Å². The number of benzene rings is 2. The molecule has 140 valence electrons. The van der Waals surface area contributed by atoms with Crippen LogP contribution in [0.15, 0.2) is 36.4 Å². The fourth-order valence-corrected chi connectivity index (χ4v) is 3.39. The molecule has 1 heterocycles. The van der Waals surface area contributed by atoms with Crippen molar-refractivity contribution in [3.05, 3.63) is 63.9 Å². The molecule has 6 nitrogen and oxygen atoms in total. The van der Waals surface area contributed by atoms with E-state index in [1.807, 2.05) is 0 Å². The first-order valence-corrected chi connectivity index (χ1v) is 9.03. The molecule has 3 rings (SSSR count). The first-order valence-electron chi connectivity index (χ1n) is 8.65. The summed E-state index contributed by atoms with van der Waals surface area (Å²) in [5.74, 6) is -1.40. The molecule has 27 heavy (non-hydrogen) atoms. The highest BCUT2D eigenvalue weighted by Gasteiger charge is 2.20. The monoisotopic (exact) mass is 386 g/mol. The summed E-state index contributed by atoms with van der Waals surface area (Å²) in [4.78, 5) is 27.9. The normalized spacial score (nSPS) is 11.0. The number of unbranched alkanes of at least 4 members (excludes halogenated alkanes) is 1. The lowest BCUT2D eigenvalue weighted by Crippen LogP contribution is -2.11. The number of nitrogens with zero attached hydrogens (tertiary/aromatic N) is 2. The van der Waals surface area contributed by atoms with E-state index in [0.717, 1.165) is 18.7 Å². The molecule has 0 aliphatic rings. The van der Waals surface area contributed by atoms with Crippen LogP contribution >= 0.6 is 11.6 Å². The van der Waals surface area contributed by atoms with Crippen molar-refractivity contribution in [2.45, 2.75) is 32.7 Å². The van der Waals surface area contributed by atoms with Crippen LogP contribution in [0.4, 0.5) is 0 Å². The van der Waals surface area contributed by atoms with Crippen LogP contribution in [-0.2, 0) is 13.0 Å². The van der Waals surface area contributed by atoms with Gasteiger partial charge in [-0.15, -0.1) is 0 Å². The third-order valence-corrected chi connectivity index (χ3v) is 4.66. The average Bonchev–Trinajstić information content (AvgIpc) is 2.96. The van der Waals surface area contributed by atoms with Crippen molar-refractivity contribution in [1.82, 2.24) is 9.55 Å². The lowest BCUT2D eigenvalue weighted by molar-refractivity contribution is 0.0685. The van der Waals surface area contributed by atoms with Gasteiger partial charge in [0.05, 0.1) is 28.7 Å². The van der Waals surface area contributed by atoms with Crippen LogP contribution in [0.1, 0.15) is 51.9 Å². The molecule has 0 spiro atoms. The van der Waals surface area contributed by atoms with Gasteiger partial charge in [0, 0.05) is 11.4 Å². The number of halogens is 1. The van der Waals surface area contributed by atoms with Gasteiger partial charge in [0.25, 0.3) is 0 Å².